The summed E-state index contributed by atoms with van der Waals surface area (Å²) in [6, 6.07) is 5.08. The Bertz CT molecular complexity index is 378. The van der Waals surface area contributed by atoms with E-state index in [1.165, 1.54) is 13.2 Å². The second kappa shape index (κ2) is 5.50. The van der Waals surface area contributed by atoms with Gasteiger partial charge in [0.1, 0.15) is 0 Å². The van der Waals surface area contributed by atoms with Gasteiger partial charge in [-0.15, -0.1) is 0 Å². The minimum atomic E-state index is -0.308. The minimum Gasteiger partial charge on any atom is -0.494 e. The first-order chi connectivity index (χ1) is 8.20. The van der Waals surface area contributed by atoms with Crippen LogP contribution in [0.15, 0.2) is 18.2 Å². The molecule has 2 rings (SSSR count). The third-order valence-electron chi connectivity index (χ3n) is 3.64. The van der Waals surface area contributed by atoms with Crippen LogP contribution in [0.1, 0.15) is 31.2 Å². The number of aryl methyl sites for hydroxylation is 1. The number of halogens is 1. The van der Waals surface area contributed by atoms with Crippen LogP contribution >= 0.6 is 0 Å². The Kier molecular flexibility index (Phi) is 4.00. The fraction of sp³-hybridized carbons (Fsp3) is 0.571. The van der Waals surface area contributed by atoms with E-state index in [2.05, 4.69) is 0 Å². The summed E-state index contributed by atoms with van der Waals surface area (Å²) in [5.74, 6) is 0.367. The van der Waals surface area contributed by atoms with E-state index < -0.39 is 0 Å². The van der Waals surface area contributed by atoms with Gasteiger partial charge in [-0.05, 0) is 49.3 Å². The summed E-state index contributed by atoms with van der Waals surface area (Å²) >= 11 is 0. The molecule has 1 fully saturated rings. The zero-order chi connectivity index (χ0) is 12.3. The maximum atomic E-state index is 13.5. The number of methoxy groups -OCH3 is 1. The van der Waals surface area contributed by atoms with Crippen LogP contribution < -0.4 is 4.74 Å². The average molecular weight is 238 g/mol. The van der Waals surface area contributed by atoms with Gasteiger partial charge in [0.2, 0.25) is 0 Å². The van der Waals surface area contributed by atoms with E-state index in [1.54, 1.807) is 6.07 Å². The standard InChI is InChI=1S/C14H19FO2/c1-17-14-8-6-10(9-12(14)15)5-7-11-3-2-4-13(11)16/h6,8-9,11,13,16H,2-5,7H2,1H3. The van der Waals surface area contributed by atoms with Crippen LogP contribution in [0.5, 0.6) is 5.75 Å². The van der Waals surface area contributed by atoms with E-state index in [-0.39, 0.29) is 17.7 Å². The predicted octanol–water partition coefficient (Wildman–Crippen LogP) is 2.93. The molecule has 0 spiro atoms. The number of rotatable bonds is 4. The molecule has 2 nitrogen and oxygen atoms in total. The first-order valence-electron chi connectivity index (χ1n) is 6.21. The molecule has 0 aromatic heterocycles. The van der Waals surface area contributed by atoms with E-state index in [4.69, 9.17) is 4.74 Å². The third kappa shape index (κ3) is 2.97. The number of hydrogen-bond acceptors (Lipinski definition) is 2. The van der Waals surface area contributed by atoms with E-state index >= 15 is 0 Å². The van der Waals surface area contributed by atoms with Crippen molar-refractivity contribution in [3.05, 3.63) is 29.6 Å². The largest absolute Gasteiger partial charge is 0.494 e. The van der Waals surface area contributed by atoms with Crippen molar-refractivity contribution in [3.8, 4) is 5.75 Å². The van der Waals surface area contributed by atoms with Crippen molar-refractivity contribution in [2.45, 2.75) is 38.2 Å². The Hall–Kier alpha value is -1.09. The van der Waals surface area contributed by atoms with Gasteiger partial charge in [-0.3, -0.25) is 0 Å². The van der Waals surface area contributed by atoms with E-state index in [0.29, 0.717) is 5.92 Å². The quantitative estimate of drug-likeness (QED) is 0.874. The highest BCUT2D eigenvalue weighted by atomic mass is 19.1. The van der Waals surface area contributed by atoms with E-state index in [0.717, 1.165) is 37.7 Å². The summed E-state index contributed by atoms with van der Waals surface area (Å²) in [7, 11) is 1.47. The number of aliphatic hydroxyl groups excluding tert-OH is 1. The molecule has 0 bridgehead atoms. The van der Waals surface area contributed by atoms with Gasteiger partial charge >= 0.3 is 0 Å². The van der Waals surface area contributed by atoms with Gasteiger partial charge in [0.25, 0.3) is 0 Å². The molecule has 1 saturated carbocycles. The number of hydrogen-bond donors (Lipinski definition) is 1. The maximum Gasteiger partial charge on any atom is 0.165 e. The molecular weight excluding hydrogens is 219 g/mol. The van der Waals surface area contributed by atoms with Crippen molar-refractivity contribution >= 4 is 0 Å². The van der Waals surface area contributed by atoms with Crippen LogP contribution in [0.2, 0.25) is 0 Å². The Morgan fingerprint density at radius 1 is 1.41 bits per heavy atom. The molecule has 0 amide bonds. The SMILES string of the molecule is COc1ccc(CCC2CCCC2O)cc1F. The Morgan fingerprint density at radius 3 is 2.82 bits per heavy atom. The zero-order valence-electron chi connectivity index (χ0n) is 10.2. The highest BCUT2D eigenvalue weighted by molar-refractivity contribution is 5.29. The van der Waals surface area contributed by atoms with Gasteiger partial charge in [-0.25, -0.2) is 4.39 Å². The van der Waals surface area contributed by atoms with Crippen molar-refractivity contribution in [1.29, 1.82) is 0 Å². The summed E-state index contributed by atoms with van der Waals surface area (Å²) in [5, 5.41) is 9.71. The molecule has 17 heavy (non-hydrogen) atoms. The molecule has 3 heteroatoms. The van der Waals surface area contributed by atoms with Gasteiger partial charge in [-0.2, -0.15) is 0 Å². The lowest BCUT2D eigenvalue weighted by molar-refractivity contribution is 0.128. The van der Waals surface area contributed by atoms with Gasteiger partial charge in [0, 0.05) is 0 Å². The molecule has 1 aromatic carbocycles. The Labute approximate surface area is 101 Å². The second-order valence-electron chi connectivity index (χ2n) is 4.77. The number of benzene rings is 1. The maximum absolute atomic E-state index is 13.5. The zero-order valence-corrected chi connectivity index (χ0v) is 10.2. The van der Waals surface area contributed by atoms with Gasteiger partial charge < -0.3 is 9.84 Å². The highest BCUT2D eigenvalue weighted by Crippen LogP contribution is 2.29. The molecule has 1 aliphatic carbocycles. The van der Waals surface area contributed by atoms with Crippen LogP contribution in [0.3, 0.4) is 0 Å². The fourth-order valence-electron chi connectivity index (χ4n) is 2.57. The molecule has 2 unspecified atom stereocenters. The second-order valence-corrected chi connectivity index (χ2v) is 4.77. The highest BCUT2D eigenvalue weighted by Gasteiger charge is 2.24. The van der Waals surface area contributed by atoms with Gasteiger partial charge in [-0.1, -0.05) is 12.5 Å². The number of aliphatic hydroxyl groups is 1. The van der Waals surface area contributed by atoms with Crippen LogP contribution in [-0.4, -0.2) is 18.3 Å². The monoisotopic (exact) mass is 238 g/mol. The van der Waals surface area contributed by atoms with Crippen molar-refractivity contribution in [3.63, 3.8) is 0 Å². The summed E-state index contributed by atoms with van der Waals surface area (Å²) < 4.78 is 18.3. The first kappa shape index (κ1) is 12.4. The molecule has 1 aliphatic rings. The Balaban J connectivity index is 1.92. The molecule has 0 aliphatic heterocycles. The van der Waals surface area contributed by atoms with E-state index in [1.807, 2.05) is 6.07 Å². The normalized spacial score (nSPS) is 23.9. The summed E-state index contributed by atoms with van der Waals surface area (Å²) in [5.41, 5.74) is 0.974. The van der Waals surface area contributed by atoms with Crippen molar-refractivity contribution < 1.29 is 14.2 Å². The number of ether oxygens (including phenoxy) is 1. The molecular formula is C14H19FO2. The molecule has 0 heterocycles. The van der Waals surface area contributed by atoms with Crippen LogP contribution in [-0.2, 0) is 6.42 Å². The molecule has 1 N–H and O–H groups in total. The lowest BCUT2D eigenvalue weighted by Gasteiger charge is -2.14. The van der Waals surface area contributed by atoms with Crippen molar-refractivity contribution in [2.24, 2.45) is 5.92 Å². The van der Waals surface area contributed by atoms with Crippen molar-refractivity contribution in [2.75, 3.05) is 7.11 Å². The third-order valence-corrected chi connectivity index (χ3v) is 3.64. The lowest BCUT2D eigenvalue weighted by atomic mass is 9.96. The van der Waals surface area contributed by atoms with Crippen molar-refractivity contribution in [1.82, 2.24) is 0 Å². The van der Waals surface area contributed by atoms with E-state index in [9.17, 15) is 9.50 Å². The molecule has 1 aromatic rings. The average Bonchev–Trinajstić information content (AvgIpc) is 2.72. The molecule has 0 saturated heterocycles. The predicted molar refractivity (Wildman–Crippen MR) is 64.6 cm³/mol. The topological polar surface area (TPSA) is 29.5 Å². The van der Waals surface area contributed by atoms with Crippen LogP contribution in [0, 0.1) is 11.7 Å². The van der Waals surface area contributed by atoms with Crippen LogP contribution in [0.25, 0.3) is 0 Å². The van der Waals surface area contributed by atoms with Gasteiger partial charge in [0.05, 0.1) is 13.2 Å². The van der Waals surface area contributed by atoms with Gasteiger partial charge in [0.15, 0.2) is 11.6 Å². The Morgan fingerprint density at radius 2 is 2.24 bits per heavy atom. The fourth-order valence-corrected chi connectivity index (χ4v) is 2.57. The first-order valence-corrected chi connectivity index (χ1v) is 6.21. The molecule has 2 atom stereocenters. The molecule has 94 valence electrons. The summed E-state index contributed by atoms with van der Waals surface area (Å²) in [6.45, 7) is 0. The summed E-state index contributed by atoms with van der Waals surface area (Å²) in [6.07, 6.45) is 4.73. The lowest BCUT2D eigenvalue weighted by Crippen LogP contribution is -2.13. The summed E-state index contributed by atoms with van der Waals surface area (Å²) in [4.78, 5) is 0. The smallest absolute Gasteiger partial charge is 0.165 e. The molecule has 0 radical (unpaired) electrons. The van der Waals surface area contributed by atoms with Crippen LogP contribution in [0.4, 0.5) is 4.39 Å². The minimum absolute atomic E-state index is 0.155.